The molecule has 42 heavy (non-hydrogen) atoms. The van der Waals surface area contributed by atoms with E-state index in [4.69, 9.17) is 42.8 Å². The zero-order chi connectivity index (χ0) is 29.3. The highest BCUT2D eigenvalue weighted by Gasteiger charge is 2.56. The fourth-order valence-electron chi connectivity index (χ4n) is 5.49. The number of aromatic nitrogens is 1. The third-order valence-electron chi connectivity index (χ3n) is 7.50. The van der Waals surface area contributed by atoms with Crippen molar-refractivity contribution in [2.24, 2.45) is 4.99 Å². The number of nitrogens with zero attached hydrogens (tertiary/aromatic N) is 3. The van der Waals surface area contributed by atoms with E-state index in [1.54, 1.807) is 23.5 Å². The van der Waals surface area contributed by atoms with Gasteiger partial charge in [0.25, 0.3) is 5.91 Å². The molecule has 4 aromatic rings. The van der Waals surface area contributed by atoms with E-state index in [-0.39, 0.29) is 12.5 Å². The van der Waals surface area contributed by atoms with Gasteiger partial charge in [0.05, 0.1) is 23.9 Å². The highest BCUT2D eigenvalue weighted by atomic mass is 35.5. The Kier molecular flexibility index (Phi) is 8.23. The first-order valence-electron chi connectivity index (χ1n) is 13.7. The van der Waals surface area contributed by atoms with Crippen molar-refractivity contribution in [1.82, 2.24) is 9.88 Å². The molecule has 0 radical (unpaired) electrons. The van der Waals surface area contributed by atoms with E-state index in [1.165, 1.54) is 0 Å². The van der Waals surface area contributed by atoms with Gasteiger partial charge in [0.15, 0.2) is 11.6 Å². The van der Waals surface area contributed by atoms with E-state index in [9.17, 15) is 4.79 Å². The van der Waals surface area contributed by atoms with Crippen LogP contribution in [-0.2, 0) is 29.0 Å². The third kappa shape index (κ3) is 5.64. The van der Waals surface area contributed by atoms with Crippen LogP contribution in [0.25, 0.3) is 0 Å². The molecule has 2 aliphatic heterocycles. The van der Waals surface area contributed by atoms with Crippen molar-refractivity contribution in [3.63, 3.8) is 0 Å². The smallest absolute Gasteiger partial charge is 0.255 e. The molecule has 2 atom stereocenters. The standard InChI is InChI=1S/C32H29Cl2N3O4S/c1-20-35-25(19-42-20)18-37-17-23-6-3-2-5-22(23)16-32(31(37)39)29(27-12-9-24(33)15-28(27)34)41-30(36-32)21-7-10-26(11-8-21)40-14-4-13-38/h2-3,5-12,15,19,29,38H,4,13-14,16-18H2,1H3/t29-,32-/m0/s1. The zero-order valence-electron chi connectivity index (χ0n) is 22.9. The molecule has 10 heteroatoms. The summed E-state index contributed by atoms with van der Waals surface area (Å²) in [5.41, 5.74) is 2.95. The minimum atomic E-state index is -1.32. The lowest BCUT2D eigenvalue weighted by Crippen LogP contribution is -2.49. The number of thiazole rings is 1. The maximum atomic E-state index is 14.8. The number of aliphatic hydroxyl groups excluding tert-OH is 1. The van der Waals surface area contributed by atoms with E-state index in [0.717, 1.165) is 21.8 Å². The second-order valence-corrected chi connectivity index (χ2v) is 12.3. The van der Waals surface area contributed by atoms with Gasteiger partial charge in [-0.15, -0.1) is 11.3 Å². The third-order valence-corrected chi connectivity index (χ3v) is 8.88. The number of carbonyl (C=O) groups is 1. The van der Waals surface area contributed by atoms with Crippen LogP contribution >= 0.6 is 34.5 Å². The molecule has 3 heterocycles. The predicted octanol–water partition coefficient (Wildman–Crippen LogP) is 6.56. The number of ether oxygens (including phenoxy) is 2. The first-order chi connectivity index (χ1) is 20.4. The summed E-state index contributed by atoms with van der Waals surface area (Å²) in [5.74, 6) is 0.867. The maximum Gasteiger partial charge on any atom is 0.255 e. The van der Waals surface area contributed by atoms with Gasteiger partial charge in [0, 0.05) is 52.5 Å². The van der Waals surface area contributed by atoms with Gasteiger partial charge in [-0.2, -0.15) is 0 Å². The molecule has 1 aromatic heterocycles. The van der Waals surface area contributed by atoms with Gasteiger partial charge in [-0.25, -0.2) is 9.98 Å². The van der Waals surface area contributed by atoms with Gasteiger partial charge in [-0.1, -0.05) is 53.5 Å². The number of benzene rings is 3. The molecular formula is C32H29Cl2N3O4S. The number of fused-ring (bicyclic) bond motifs is 1. The summed E-state index contributed by atoms with van der Waals surface area (Å²) in [6, 6.07) is 20.7. The Labute approximate surface area is 258 Å². The number of aliphatic hydroxyl groups is 1. The second kappa shape index (κ2) is 12.1. The molecule has 3 aromatic carbocycles. The average Bonchev–Trinajstić information content (AvgIpc) is 3.54. The largest absolute Gasteiger partial charge is 0.494 e. The molecule has 1 amide bonds. The van der Waals surface area contributed by atoms with E-state index >= 15 is 0 Å². The SMILES string of the molecule is Cc1nc(CN2Cc3ccccc3C[C@@]3(N=C(c4ccc(OCCCO)cc4)O[C@H]3c3ccc(Cl)cc3Cl)C2=O)cs1. The molecule has 1 N–H and O–H groups in total. The molecule has 0 saturated carbocycles. The van der Waals surface area contributed by atoms with Crippen LogP contribution in [0.2, 0.25) is 10.0 Å². The second-order valence-electron chi connectivity index (χ2n) is 10.4. The van der Waals surface area contributed by atoms with Crippen molar-refractivity contribution < 1.29 is 19.4 Å². The topological polar surface area (TPSA) is 84.2 Å². The van der Waals surface area contributed by atoms with Crippen molar-refractivity contribution >= 4 is 46.3 Å². The lowest BCUT2D eigenvalue weighted by Gasteiger charge is -2.33. The summed E-state index contributed by atoms with van der Waals surface area (Å²) in [6.07, 6.45) is 0.0879. The highest BCUT2D eigenvalue weighted by Crippen LogP contribution is 2.47. The first kappa shape index (κ1) is 28.7. The van der Waals surface area contributed by atoms with E-state index < -0.39 is 11.6 Å². The predicted molar refractivity (Wildman–Crippen MR) is 164 cm³/mol. The van der Waals surface area contributed by atoms with Gasteiger partial charge < -0.3 is 19.5 Å². The monoisotopic (exact) mass is 621 g/mol. The Morgan fingerprint density at radius 1 is 1.12 bits per heavy atom. The van der Waals surface area contributed by atoms with Gasteiger partial charge >= 0.3 is 0 Å². The molecule has 1 spiro atoms. The molecule has 0 fully saturated rings. The van der Waals surface area contributed by atoms with Crippen LogP contribution in [0.5, 0.6) is 5.75 Å². The van der Waals surface area contributed by atoms with Gasteiger partial charge in [-0.3, -0.25) is 4.79 Å². The Bertz CT molecular complexity index is 1640. The van der Waals surface area contributed by atoms with Crippen LogP contribution in [0.4, 0.5) is 0 Å². The number of amides is 1. The Balaban J connectivity index is 1.46. The lowest BCUT2D eigenvalue weighted by molar-refractivity contribution is -0.140. The van der Waals surface area contributed by atoms with Crippen molar-refractivity contribution in [1.29, 1.82) is 0 Å². The molecule has 0 bridgehead atoms. The van der Waals surface area contributed by atoms with Crippen LogP contribution < -0.4 is 4.74 Å². The van der Waals surface area contributed by atoms with Gasteiger partial charge in [-0.05, 0) is 54.4 Å². The number of hydrogen-bond acceptors (Lipinski definition) is 7. The molecule has 6 rings (SSSR count). The van der Waals surface area contributed by atoms with Crippen LogP contribution in [-0.4, -0.2) is 45.5 Å². The fourth-order valence-corrected chi connectivity index (χ4v) is 6.60. The summed E-state index contributed by atoms with van der Waals surface area (Å²) < 4.78 is 12.3. The summed E-state index contributed by atoms with van der Waals surface area (Å²) in [7, 11) is 0. The molecule has 0 aliphatic carbocycles. The van der Waals surface area contributed by atoms with Crippen molar-refractivity contribution in [3.8, 4) is 5.75 Å². The van der Waals surface area contributed by atoms with Crippen LogP contribution in [0.15, 0.2) is 77.1 Å². The fraction of sp³-hybridized carbons (Fsp3) is 0.281. The number of hydrogen-bond donors (Lipinski definition) is 1. The molecule has 0 unspecified atom stereocenters. The number of aryl methyl sites for hydroxylation is 1. The van der Waals surface area contributed by atoms with Crippen molar-refractivity contribution in [2.75, 3.05) is 13.2 Å². The number of aliphatic imine (C=N–C) groups is 1. The van der Waals surface area contributed by atoms with Crippen LogP contribution in [0.1, 0.15) is 45.5 Å². The summed E-state index contributed by atoms with van der Waals surface area (Å²) in [6.45, 7) is 3.22. The Morgan fingerprint density at radius 2 is 1.90 bits per heavy atom. The van der Waals surface area contributed by atoms with Crippen molar-refractivity contribution in [3.05, 3.63) is 115 Å². The summed E-state index contributed by atoms with van der Waals surface area (Å²) >= 11 is 14.6. The molecular weight excluding hydrogens is 593 g/mol. The number of halogens is 2. The average molecular weight is 623 g/mol. The molecule has 7 nitrogen and oxygen atoms in total. The number of carbonyl (C=O) groups excluding carboxylic acids is 1. The molecule has 216 valence electrons. The Hall–Kier alpha value is -3.43. The zero-order valence-corrected chi connectivity index (χ0v) is 25.3. The molecule has 2 aliphatic rings. The normalized spacial score (nSPS) is 19.8. The Morgan fingerprint density at radius 3 is 2.62 bits per heavy atom. The van der Waals surface area contributed by atoms with E-state index in [0.29, 0.717) is 65.4 Å². The molecule has 0 saturated heterocycles. The van der Waals surface area contributed by atoms with Gasteiger partial charge in [0.2, 0.25) is 5.90 Å². The quantitative estimate of drug-likeness (QED) is 0.225. The minimum absolute atomic E-state index is 0.0652. The minimum Gasteiger partial charge on any atom is -0.494 e. The highest BCUT2D eigenvalue weighted by molar-refractivity contribution is 7.09. The van der Waals surface area contributed by atoms with E-state index in [1.807, 2.05) is 65.7 Å². The van der Waals surface area contributed by atoms with Gasteiger partial charge in [0.1, 0.15) is 5.75 Å². The van der Waals surface area contributed by atoms with Crippen LogP contribution in [0.3, 0.4) is 0 Å². The van der Waals surface area contributed by atoms with Crippen LogP contribution in [0, 0.1) is 6.92 Å². The summed E-state index contributed by atoms with van der Waals surface area (Å²) in [4.78, 5) is 26.4. The summed E-state index contributed by atoms with van der Waals surface area (Å²) in [5, 5.41) is 12.9. The lowest BCUT2D eigenvalue weighted by atomic mass is 9.81. The first-order valence-corrected chi connectivity index (χ1v) is 15.3. The number of rotatable bonds is 8. The van der Waals surface area contributed by atoms with E-state index in [2.05, 4.69) is 11.1 Å². The maximum absolute atomic E-state index is 14.8. The van der Waals surface area contributed by atoms with Crippen molar-refractivity contribution in [2.45, 2.75) is 44.5 Å².